The first-order valence-corrected chi connectivity index (χ1v) is 15.1. The molecule has 2 saturated heterocycles. The Labute approximate surface area is 261 Å². The van der Waals surface area contributed by atoms with Crippen molar-refractivity contribution in [3.63, 3.8) is 0 Å². The lowest BCUT2D eigenvalue weighted by Crippen LogP contribution is -2.34. The maximum Gasteiger partial charge on any atom is 0.253 e. The van der Waals surface area contributed by atoms with Crippen molar-refractivity contribution in [2.75, 3.05) is 39.3 Å². The molecule has 1 amide bonds. The number of fused-ring (bicyclic) bond motifs is 1. The molecule has 4 rings (SSSR count). The standard InChI is InChI=1S/C31H51N5O.3ClH/c1-23(2)13-20-35(21-14-24(3)4)31(37)27-9-10-28-29(22-27)36(19-7-18-34-17-6-8-25(34)5)30(33-28)26-11-15-32-16-12-26;;;/h9-10,22-26,32H,6-8,11-21H2,1-5H3;3*1H. The highest BCUT2D eigenvalue weighted by Crippen LogP contribution is 2.30. The second kappa shape index (κ2) is 17.8. The van der Waals surface area contributed by atoms with E-state index in [0.717, 1.165) is 88.0 Å². The minimum atomic E-state index is 0. The first kappa shape index (κ1) is 37.0. The molecule has 1 aromatic heterocycles. The van der Waals surface area contributed by atoms with Crippen LogP contribution in [0.1, 0.15) is 102 Å². The van der Waals surface area contributed by atoms with Gasteiger partial charge >= 0.3 is 0 Å². The Morgan fingerprint density at radius 1 is 1.00 bits per heavy atom. The van der Waals surface area contributed by atoms with E-state index in [9.17, 15) is 4.79 Å². The molecule has 1 unspecified atom stereocenters. The number of nitrogens with one attached hydrogen (secondary N) is 1. The number of carbonyl (C=O) groups is 1. The van der Waals surface area contributed by atoms with E-state index in [1.807, 2.05) is 6.07 Å². The molecule has 1 atom stereocenters. The smallest absolute Gasteiger partial charge is 0.253 e. The van der Waals surface area contributed by atoms with E-state index in [4.69, 9.17) is 4.98 Å². The van der Waals surface area contributed by atoms with Crippen LogP contribution in [0.2, 0.25) is 0 Å². The van der Waals surface area contributed by atoms with E-state index in [1.165, 1.54) is 25.2 Å². The first-order valence-electron chi connectivity index (χ1n) is 15.1. The van der Waals surface area contributed by atoms with Crippen molar-refractivity contribution < 1.29 is 4.79 Å². The van der Waals surface area contributed by atoms with Gasteiger partial charge in [0.25, 0.3) is 5.91 Å². The lowest BCUT2D eigenvalue weighted by molar-refractivity contribution is 0.0741. The fourth-order valence-electron chi connectivity index (χ4n) is 5.98. The van der Waals surface area contributed by atoms with E-state index in [1.54, 1.807) is 0 Å². The van der Waals surface area contributed by atoms with E-state index in [0.29, 0.717) is 23.8 Å². The third-order valence-electron chi connectivity index (χ3n) is 8.49. The van der Waals surface area contributed by atoms with Crippen molar-refractivity contribution in [1.29, 1.82) is 0 Å². The summed E-state index contributed by atoms with van der Waals surface area (Å²) in [7, 11) is 0. The molecule has 230 valence electrons. The number of aromatic nitrogens is 2. The number of rotatable bonds is 12. The van der Waals surface area contributed by atoms with Gasteiger partial charge in [0.15, 0.2) is 0 Å². The zero-order valence-corrected chi connectivity index (χ0v) is 27.8. The summed E-state index contributed by atoms with van der Waals surface area (Å²) in [5, 5.41) is 3.51. The number of benzene rings is 1. The number of amides is 1. The van der Waals surface area contributed by atoms with Crippen molar-refractivity contribution in [3.05, 3.63) is 29.6 Å². The molecule has 1 N–H and O–H groups in total. The normalized spacial score (nSPS) is 18.0. The minimum absolute atomic E-state index is 0. The monoisotopic (exact) mass is 617 g/mol. The highest BCUT2D eigenvalue weighted by atomic mass is 35.5. The van der Waals surface area contributed by atoms with Crippen LogP contribution in [0.15, 0.2) is 18.2 Å². The van der Waals surface area contributed by atoms with Crippen LogP contribution in [0.25, 0.3) is 11.0 Å². The predicted octanol–water partition coefficient (Wildman–Crippen LogP) is 7.18. The summed E-state index contributed by atoms with van der Waals surface area (Å²) in [6.45, 7) is 18.4. The Bertz CT molecular complexity index is 1010. The van der Waals surface area contributed by atoms with Gasteiger partial charge in [-0.15, -0.1) is 37.2 Å². The van der Waals surface area contributed by atoms with Crippen LogP contribution >= 0.6 is 37.2 Å². The van der Waals surface area contributed by atoms with Gasteiger partial charge in [-0.25, -0.2) is 4.98 Å². The Kier molecular flexibility index (Phi) is 16.5. The second-order valence-corrected chi connectivity index (χ2v) is 12.4. The largest absolute Gasteiger partial charge is 0.339 e. The molecule has 0 saturated carbocycles. The third-order valence-corrected chi connectivity index (χ3v) is 8.49. The maximum atomic E-state index is 13.7. The molecule has 0 bridgehead atoms. The van der Waals surface area contributed by atoms with Gasteiger partial charge in [-0.05, 0) is 102 Å². The fourth-order valence-corrected chi connectivity index (χ4v) is 5.98. The molecule has 2 aromatic rings. The van der Waals surface area contributed by atoms with Crippen molar-refractivity contribution in [2.45, 2.75) is 98.1 Å². The lowest BCUT2D eigenvalue weighted by Gasteiger charge is -2.25. The van der Waals surface area contributed by atoms with Gasteiger partial charge in [-0.1, -0.05) is 27.7 Å². The summed E-state index contributed by atoms with van der Waals surface area (Å²) >= 11 is 0. The number of hydrogen-bond donors (Lipinski definition) is 1. The number of imidazole rings is 1. The zero-order valence-electron chi connectivity index (χ0n) is 25.4. The number of carbonyl (C=O) groups excluding carboxylic acids is 1. The van der Waals surface area contributed by atoms with Crippen molar-refractivity contribution in [3.8, 4) is 0 Å². The topological polar surface area (TPSA) is 53.4 Å². The van der Waals surface area contributed by atoms with E-state index in [-0.39, 0.29) is 43.1 Å². The third kappa shape index (κ3) is 9.76. The average Bonchev–Trinajstić information content (AvgIpc) is 3.46. The molecular weight excluding hydrogens is 565 g/mol. The van der Waals surface area contributed by atoms with Crippen LogP contribution in [0, 0.1) is 11.8 Å². The predicted molar refractivity (Wildman–Crippen MR) is 176 cm³/mol. The molecule has 0 radical (unpaired) electrons. The van der Waals surface area contributed by atoms with Gasteiger partial charge in [-0.2, -0.15) is 0 Å². The summed E-state index contributed by atoms with van der Waals surface area (Å²) < 4.78 is 2.47. The highest BCUT2D eigenvalue weighted by molar-refractivity contribution is 5.97. The zero-order chi connectivity index (χ0) is 26.4. The molecule has 1 aromatic carbocycles. The molecule has 2 aliphatic heterocycles. The molecule has 0 spiro atoms. The van der Waals surface area contributed by atoms with Gasteiger partial charge in [0, 0.05) is 43.7 Å². The summed E-state index contributed by atoms with van der Waals surface area (Å²) in [5.41, 5.74) is 2.99. The Morgan fingerprint density at radius 2 is 1.65 bits per heavy atom. The molecule has 0 aliphatic carbocycles. The van der Waals surface area contributed by atoms with Crippen LogP contribution in [-0.4, -0.2) is 70.6 Å². The van der Waals surface area contributed by atoms with Crippen molar-refractivity contribution in [2.24, 2.45) is 11.8 Å². The number of piperidine rings is 1. The van der Waals surface area contributed by atoms with E-state index in [2.05, 4.69) is 66.4 Å². The lowest BCUT2D eigenvalue weighted by atomic mass is 9.97. The molecule has 9 heteroatoms. The van der Waals surface area contributed by atoms with Crippen molar-refractivity contribution >= 4 is 54.2 Å². The second-order valence-electron chi connectivity index (χ2n) is 12.4. The van der Waals surface area contributed by atoms with E-state index >= 15 is 0 Å². The van der Waals surface area contributed by atoms with Crippen LogP contribution in [0.4, 0.5) is 0 Å². The summed E-state index contributed by atoms with van der Waals surface area (Å²) in [6, 6.07) is 6.95. The van der Waals surface area contributed by atoms with Gasteiger partial charge in [0.05, 0.1) is 11.0 Å². The SMILES string of the molecule is CC(C)CCN(CCC(C)C)C(=O)c1ccc2nc(C3CCNCC3)n(CCCN3CCCC3C)c2c1.Cl.Cl.Cl. The fraction of sp³-hybridized carbons (Fsp3) is 0.742. The quantitative estimate of drug-likeness (QED) is 0.274. The number of aryl methyl sites for hydroxylation is 1. The summed E-state index contributed by atoms with van der Waals surface area (Å²) in [5.74, 6) is 3.07. The maximum absolute atomic E-state index is 13.7. The van der Waals surface area contributed by atoms with Gasteiger partial charge in [0.1, 0.15) is 5.82 Å². The molecule has 2 fully saturated rings. The van der Waals surface area contributed by atoms with Crippen LogP contribution < -0.4 is 5.32 Å². The molecular formula is C31H54Cl3N5O. The molecule has 2 aliphatic rings. The van der Waals surface area contributed by atoms with E-state index < -0.39 is 0 Å². The van der Waals surface area contributed by atoms with Crippen molar-refractivity contribution in [1.82, 2.24) is 24.7 Å². The number of halogens is 3. The van der Waals surface area contributed by atoms with Crippen LogP contribution in [0.3, 0.4) is 0 Å². The first-order chi connectivity index (χ1) is 17.8. The molecule has 6 nitrogen and oxygen atoms in total. The van der Waals surface area contributed by atoms with Gasteiger partial charge < -0.3 is 19.7 Å². The molecule has 40 heavy (non-hydrogen) atoms. The van der Waals surface area contributed by atoms with Crippen LogP contribution in [0.5, 0.6) is 0 Å². The highest BCUT2D eigenvalue weighted by Gasteiger charge is 2.25. The van der Waals surface area contributed by atoms with Gasteiger partial charge in [0.2, 0.25) is 0 Å². The minimum Gasteiger partial charge on any atom is -0.339 e. The Hall–Kier alpha value is -1.05. The molecule has 3 heterocycles. The van der Waals surface area contributed by atoms with Gasteiger partial charge in [-0.3, -0.25) is 4.79 Å². The summed E-state index contributed by atoms with van der Waals surface area (Å²) in [6.07, 6.45) is 8.13. The summed E-state index contributed by atoms with van der Waals surface area (Å²) in [4.78, 5) is 23.6. The number of nitrogens with zero attached hydrogens (tertiary/aromatic N) is 4. The van der Waals surface area contributed by atoms with Crippen LogP contribution in [-0.2, 0) is 6.54 Å². The number of likely N-dealkylation sites (tertiary alicyclic amines) is 1. The average molecular weight is 619 g/mol. The Balaban J connectivity index is 0.00000267. The Morgan fingerprint density at radius 3 is 2.23 bits per heavy atom. The number of hydrogen-bond acceptors (Lipinski definition) is 4.